The largest absolute Gasteiger partial charge is 0.308 e. The second kappa shape index (κ2) is 10.5. The first-order chi connectivity index (χ1) is 16.1. The summed E-state index contributed by atoms with van der Waals surface area (Å²) in [5.74, 6) is -0.0106. The van der Waals surface area contributed by atoms with Gasteiger partial charge in [-0.2, -0.15) is 0 Å². The van der Waals surface area contributed by atoms with E-state index in [1.165, 1.54) is 5.56 Å². The molecule has 0 fully saturated rings. The van der Waals surface area contributed by atoms with Crippen LogP contribution in [0.1, 0.15) is 26.3 Å². The van der Waals surface area contributed by atoms with Gasteiger partial charge in [-0.15, -0.1) is 0 Å². The Labute approximate surface area is 199 Å². The Morgan fingerprint density at radius 3 is 2.18 bits per heavy atom. The quantitative estimate of drug-likeness (QED) is 0.331. The second-order valence-electron chi connectivity index (χ2n) is 8.14. The second-order valence-corrected chi connectivity index (χ2v) is 9.15. The van der Waals surface area contributed by atoms with E-state index in [-0.39, 0.29) is 18.5 Å². The lowest BCUT2D eigenvalue weighted by atomic mass is 10.1. The molecule has 0 unspecified atom stereocenters. The summed E-state index contributed by atoms with van der Waals surface area (Å²) < 4.78 is 2.07. The number of aryl methyl sites for hydroxylation is 1. The van der Waals surface area contributed by atoms with E-state index in [1.54, 1.807) is 11.3 Å². The van der Waals surface area contributed by atoms with Gasteiger partial charge in [0.15, 0.2) is 4.80 Å². The third-order valence-electron chi connectivity index (χ3n) is 5.50. The minimum atomic E-state index is -0.0106. The van der Waals surface area contributed by atoms with Gasteiger partial charge in [0.2, 0.25) is 5.91 Å². The van der Waals surface area contributed by atoms with E-state index in [0.717, 1.165) is 33.0 Å². The lowest BCUT2D eigenvalue weighted by molar-refractivity contribution is -0.117. The maximum atomic E-state index is 13.3. The summed E-state index contributed by atoms with van der Waals surface area (Å²) in [6.45, 7) is 6.30. The zero-order chi connectivity index (χ0) is 23.2. The van der Waals surface area contributed by atoms with Crippen LogP contribution in [0.5, 0.6) is 0 Å². The van der Waals surface area contributed by atoms with Crippen molar-refractivity contribution in [1.29, 1.82) is 0 Å². The molecule has 0 atom stereocenters. The van der Waals surface area contributed by atoms with Crippen molar-refractivity contribution in [3.8, 4) is 16.1 Å². The van der Waals surface area contributed by atoms with E-state index < -0.39 is 0 Å². The van der Waals surface area contributed by atoms with E-state index >= 15 is 0 Å². The van der Waals surface area contributed by atoms with Crippen LogP contribution in [0, 0.1) is 0 Å². The summed E-state index contributed by atoms with van der Waals surface area (Å²) >= 11 is 1.60. The third-order valence-corrected chi connectivity index (χ3v) is 6.57. The molecule has 1 aromatic heterocycles. The summed E-state index contributed by atoms with van der Waals surface area (Å²) in [5, 5.41) is 0. The van der Waals surface area contributed by atoms with Crippen LogP contribution in [0.25, 0.3) is 16.1 Å². The van der Waals surface area contributed by atoms with Gasteiger partial charge in [-0.05, 0) is 55.7 Å². The van der Waals surface area contributed by atoms with Crippen LogP contribution in [-0.4, -0.2) is 23.1 Å². The van der Waals surface area contributed by atoms with Gasteiger partial charge in [0.05, 0.1) is 4.88 Å². The van der Waals surface area contributed by atoms with Gasteiger partial charge < -0.3 is 4.90 Å². The van der Waals surface area contributed by atoms with Crippen LogP contribution in [0.4, 0.5) is 5.69 Å². The first-order valence-electron chi connectivity index (χ1n) is 11.3. The smallest absolute Gasteiger partial charge is 0.248 e. The Morgan fingerprint density at radius 1 is 0.939 bits per heavy atom. The summed E-state index contributed by atoms with van der Waals surface area (Å²) in [6, 6.07) is 28.7. The van der Waals surface area contributed by atoms with Crippen molar-refractivity contribution in [3.05, 3.63) is 101 Å². The first kappa shape index (κ1) is 22.7. The number of hydrogen-bond donors (Lipinski definition) is 0. The molecule has 5 heteroatoms. The molecule has 0 bridgehead atoms. The summed E-state index contributed by atoms with van der Waals surface area (Å²) in [6.07, 6.45) is 3.08. The number of carbonyl (C=O) groups is 1. The molecule has 1 heterocycles. The Kier molecular flexibility index (Phi) is 7.20. The van der Waals surface area contributed by atoms with Crippen molar-refractivity contribution in [2.75, 3.05) is 11.4 Å². The number of amides is 1. The highest BCUT2D eigenvalue weighted by molar-refractivity contribution is 7.12. The molecule has 0 aliphatic heterocycles. The molecule has 4 nitrogen and oxygen atoms in total. The van der Waals surface area contributed by atoms with E-state index in [1.807, 2.05) is 67.3 Å². The highest BCUT2D eigenvalue weighted by atomic mass is 32.1. The van der Waals surface area contributed by atoms with Crippen molar-refractivity contribution in [3.63, 3.8) is 0 Å². The monoisotopic (exact) mass is 455 g/mol. The molecule has 3 aromatic carbocycles. The average Bonchev–Trinajstić information content (AvgIpc) is 3.28. The standard InChI is InChI=1S/C28H29N3OS/c1-4-22-15-17-25(18-16-22)31(21(2)3)27(32)19-29-28-30(24-13-9-6-10-14-24)20-26(33-28)23-11-7-5-8-12-23/h5-18,20-21H,4,19H2,1-3H3. The van der Waals surface area contributed by atoms with Gasteiger partial charge >= 0.3 is 0 Å². The minimum absolute atomic E-state index is 0.0106. The van der Waals surface area contributed by atoms with Crippen molar-refractivity contribution in [2.45, 2.75) is 33.2 Å². The molecule has 168 valence electrons. The van der Waals surface area contributed by atoms with E-state index in [2.05, 4.69) is 54.1 Å². The summed E-state index contributed by atoms with van der Waals surface area (Å²) in [5.41, 5.74) is 4.34. The molecular formula is C28H29N3OS. The van der Waals surface area contributed by atoms with Gasteiger partial charge in [0.25, 0.3) is 0 Å². The van der Waals surface area contributed by atoms with Gasteiger partial charge in [-0.3, -0.25) is 9.36 Å². The fourth-order valence-electron chi connectivity index (χ4n) is 3.80. The number of rotatable bonds is 7. The number of anilines is 1. The molecule has 4 aromatic rings. The van der Waals surface area contributed by atoms with Crippen molar-refractivity contribution < 1.29 is 4.79 Å². The van der Waals surface area contributed by atoms with E-state index in [0.29, 0.717) is 0 Å². The maximum absolute atomic E-state index is 13.3. The number of thiazole rings is 1. The van der Waals surface area contributed by atoms with Crippen LogP contribution in [0.15, 0.2) is 96.1 Å². The van der Waals surface area contributed by atoms with Gasteiger partial charge in [-0.1, -0.05) is 78.9 Å². The molecule has 0 radical (unpaired) electrons. The van der Waals surface area contributed by atoms with Crippen LogP contribution in [-0.2, 0) is 11.2 Å². The SMILES string of the molecule is CCc1ccc(N(C(=O)CN=c2sc(-c3ccccc3)cn2-c2ccccc2)C(C)C)cc1. The lowest BCUT2D eigenvalue weighted by Gasteiger charge is -2.26. The fourth-order valence-corrected chi connectivity index (χ4v) is 4.79. The van der Waals surface area contributed by atoms with Gasteiger partial charge in [-0.25, -0.2) is 4.99 Å². The van der Waals surface area contributed by atoms with Gasteiger partial charge in [0.1, 0.15) is 6.54 Å². The highest BCUT2D eigenvalue weighted by Crippen LogP contribution is 2.23. The third kappa shape index (κ3) is 5.32. The zero-order valence-electron chi connectivity index (χ0n) is 19.3. The minimum Gasteiger partial charge on any atom is -0.308 e. The Balaban J connectivity index is 1.68. The number of nitrogens with zero attached hydrogens (tertiary/aromatic N) is 3. The number of para-hydroxylation sites is 1. The number of benzene rings is 3. The predicted molar refractivity (Wildman–Crippen MR) is 138 cm³/mol. The topological polar surface area (TPSA) is 37.6 Å². The zero-order valence-corrected chi connectivity index (χ0v) is 20.1. The van der Waals surface area contributed by atoms with Crippen LogP contribution in [0.3, 0.4) is 0 Å². The molecule has 0 saturated carbocycles. The van der Waals surface area contributed by atoms with Crippen LogP contribution < -0.4 is 9.70 Å². The molecule has 0 spiro atoms. The molecule has 33 heavy (non-hydrogen) atoms. The Morgan fingerprint density at radius 2 is 1.58 bits per heavy atom. The molecule has 1 amide bonds. The normalized spacial score (nSPS) is 11.7. The Hall–Kier alpha value is -3.44. The Bertz CT molecular complexity index is 1260. The summed E-state index contributed by atoms with van der Waals surface area (Å²) in [7, 11) is 0. The number of hydrogen-bond acceptors (Lipinski definition) is 3. The maximum Gasteiger partial charge on any atom is 0.248 e. The molecule has 4 rings (SSSR count). The van der Waals surface area contributed by atoms with E-state index in [9.17, 15) is 4.79 Å². The van der Waals surface area contributed by atoms with Gasteiger partial charge in [0, 0.05) is 23.6 Å². The number of carbonyl (C=O) groups excluding carboxylic acids is 1. The van der Waals surface area contributed by atoms with Crippen molar-refractivity contribution in [2.24, 2.45) is 4.99 Å². The average molecular weight is 456 g/mol. The van der Waals surface area contributed by atoms with E-state index in [4.69, 9.17) is 4.99 Å². The molecule has 0 saturated heterocycles. The first-order valence-corrected chi connectivity index (χ1v) is 12.1. The molecule has 0 aliphatic carbocycles. The molecule has 0 N–H and O–H groups in total. The fraction of sp³-hybridized carbons (Fsp3) is 0.214. The molecule has 0 aliphatic rings. The highest BCUT2D eigenvalue weighted by Gasteiger charge is 2.19. The van der Waals surface area contributed by atoms with Crippen LogP contribution in [0.2, 0.25) is 0 Å². The predicted octanol–water partition coefficient (Wildman–Crippen LogP) is 6.11. The van der Waals surface area contributed by atoms with Crippen molar-refractivity contribution >= 4 is 22.9 Å². The summed E-state index contributed by atoms with van der Waals surface area (Å²) in [4.78, 5) is 21.8. The van der Waals surface area contributed by atoms with Crippen LogP contribution >= 0.6 is 11.3 Å². The molecular weight excluding hydrogens is 426 g/mol. The lowest BCUT2D eigenvalue weighted by Crippen LogP contribution is -2.39. The number of aromatic nitrogens is 1. The van der Waals surface area contributed by atoms with Crippen molar-refractivity contribution in [1.82, 2.24) is 4.57 Å².